The third kappa shape index (κ3) is 5.84. The van der Waals surface area contributed by atoms with Crippen molar-refractivity contribution in [3.05, 3.63) is 60.3 Å². The topological polar surface area (TPSA) is 136 Å². The second-order valence-corrected chi connectivity index (χ2v) is 9.84. The number of hydrogen-bond donors (Lipinski definition) is 2. The van der Waals surface area contributed by atoms with E-state index in [4.69, 9.17) is 4.74 Å². The van der Waals surface area contributed by atoms with Crippen molar-refractivity contribution in [3.63, 3.8) is 0 Å². The van der Waals surface area contributed by atoms with Crippen LogP contribution in [0.15, 0.2) is 49.1 Å². The van der Waals surface area contributed by atoms with Crippen molar-refractivity contribution >= 4 is 21.7 Å². The normalized spacial score (nSPS) is 14.0. The first kappa shape index (κ1) is 23.6. The Morgan fingerprint density at radius 1 is 1.12 bits per heavy atom. The smallest absolute Gasteiger partial charge is 0.251 e. The molecule has 0 atom stereocenters. The van der Waals surface area contributed by atoms with Crippen LogP contribution in [0.1, 0.15) is 48.7 Å². The summed E-state index contributed by atoms with van der Waals surface area (Å²) in [6, 6.07) is 8.49. The van der Waals surface area contributed by atoms with Crippen molar-refractivity contribution < 1.29 is 17.9 Å². The molecule has 0 saturated heterocycles. The predicted molar refractivity (Wildman–Crippen MR) is 127 cm³/mol. The molecule has 0 spiro atoms. The standard InChI is InChI=1S/C23H26N6O4S/c1-2-33-22-14-24-13-20(28-22)16-7-9-17(10-8-16)23(30)25-12-18-11-21(27-15-26-18)29-34(31,32)19-5-3-4-6-19/h7-11,13-15,19H,2-6,12H2,1H3,(H,25,30)(H,26,27,29). The Morgan fingerprint density at radius 3 is 2.62 bits per heavy atom. The second-order valence-electron chi connectivity index (χ2n) is 7.88. The summed E-state index contributed by atoms with van der Waals surface area (Å²) in [5, 5.41) is 2.40. The van der Waals surface area contributed by atoms with Crippen molar-refractivity contribution in [1.82, 2.24) is 25.3 Å². The van der Waals surface area contributed by atoms with Gasteiger partial charge in [-0.15, -0.1) is 0 Å². The molecular formula is C23H26N6O4S. The van der Waals surface area contributed by atoms with Gasteiger partial charge >= 0.3 is 0 Å². The maximum absolute atomic E-state index is 12.6. The number of rotatable bonds is 9. The molecule has 2 heterocycles. The molecule has 3 aromatic rings. The van der Waals surface area contributed by atoms with Crippen molar-refractivity contribution in [2.45, 2.75) is 44.4 Å². The summed E-state index contributed by atoms with van der Waals surface area (Å²) in [5.41, 5.74) is 2.41. The number of nitrogens with zero attached hydrogens (tertiary/aromatic N) is 4. The molecule has 0 unspecified atom stereocenters. The van der Waals surface area contributed by atoms with E-state index >= 15 is 0 Å². The third-order valence-corrected chi connectivity index (χ3v) is 7.33. The van der Waals surface area contributed by atoms with Gasteiger partial charge in [-0.3, -0.25) is 14.5 Å². The summed E-state index contributed by atoms with van der Waals surface area (Å²) in [5.74, 6) is 0.356. The number of amides is 1. The van der Waals surface area contributed by atoms with E-state index in [0.29, 0.717) is 42.3 Å². The molecule has 0 aliphatic heterocycles. The van der Waals surface area contributed by atoms with Gasteiger partial charge < -0.3 is 10.1 Å². The van der Waals surface area contributed by atoms with Crippen LogP contribution in [0.2, 0.25) is 0 Å². The van der Waals surface area contributed by atoms with Gasteiger partial charge in [0, 0.05) is 17.2 Å². The molecule has 4 rings (SSSR count). The highest BCUT2D eigenvalue weighted by atomic mass is 32.2. The highest BCUT2D eigenvalue weighted by Crippen LogP contribution is 2.25. The second kappa shape index (κ2) is 10.6. The first-order valence-electron chi connectivity index (χ1n) is 11.1. The molecule has 2 aromatic heterocycles. The fraction of sp³-hybridized carbons (Fsp3) is 0.348. The zero-order valence-electron chi connectivity index (χ0n) is 18.8. The highest BCUT2D eigenvalue weighted by Gasteiger charge is 2.29. The average molecular weight is 483 g/mol. The molecule has 34 heavy (non-hydrogen) atoms. The van der Waals surface area contributed by atoms with Gasteiger partial charge in [-0.25, -0.2) is 23.4 Å². The van der Waals surface area contributed by atoms with E-state index in [-0.39, 0.29) is 23.5 Å². The fourth-order valence-corrected chi connectivity index (χ4v) is 5.27. The Labute approximate surface area is 198 Å². The lowest BCUT2D eigenvalue weighted by Gasteiger charge is -2.13. The minimum Gasteiger partial charge on any atom is -0.477 e. The molecule has 1 aliphatic rings. The van der Waals surface area contributed by atoms with Crippen LogP contribution in [0.4, 0.5) is 5.82 Å². The molecule has 1 aliphatic carbocycles. The van der Waals surface area contributed by atoms with Crippen LogP contribution in [0.3, 0.4) is 0 Å². The highest BCUT2D eigenvalue weighted by molar-refractivity contribution is 7.93. The van der Waals surface area contributed by atoms with Crippen LogP contribution in [0.5, 0.6) is 5.88 Å². The largest absolute Gasteiger partial charge is 0.477 e. The Bertz CT molecular complexity index is 1240. The number of sulfonamides is 1. The molecule has 1 saturated carbocycles. The monoisotopic (exact) mass is 482 g/mol. The summed E-state index contributed by atoms with van der Waals surface area (Å²) >= 11 is 0. The van der Waals surface area contributed by atoms with E-state index in [1.54, 1.807) is 36.7 Å². The van der Waals surface area contributed by atoms with Crippen LogP contribution in [0.25, 0.3) is 11.3 Å². The number of carbonyl (C=O) groups excluding carboxylic acids is 1. The first-order chi connectivity index (χ1) is 16.4. The van der Waals surface area contributed by atoms with Crippen molar-refractivity contribution in [1.29, 1.82) is 0 Å². The maximum Gasteiger partial charge on any atom is 0.251 e. The van der Waals surface area contributed by atoms with Gasteiger partial charge in [-0.2, -0.15) is 0 Å². The number of nitrogens with one attached hydrogen (secondary N) is 2. The first-order valence-corrected chi connectivity index (χ1v) is 12.7. The van der Waals surface area contributed by atoms with Gasteiger partial charge in [0.15, 0.2) is 0 Å². The summed E-state index contributed by atoms with van der Waals surface area (Å²) in [6.07, 6.45) is 7.61. The van der Waals surface area contributed by atoms with Gasteiger partial charge in [-0.1, -0.05) is 25.0 Å². The number of benzene rings is 1. The number of carbonyl (C=O) groups is 1. The number of anilines is 1. The number of ether oxygens (including phenoxy) is 1. The molecule has 0 bridgehead atoms. The van der Waals surface area contributed by atoms with Crippen LogP contribution in [-0.4, -0.2) is 46.1 Å². The van der Waals surface area contributed by atoms with Crippen molar-refractivity contribution in [2.75, 3.05) is 11.3 Å². The van der Waals surface area contributed by atoms with Gasteiger partial charge in [0.1, 0.15) is 12.1 Å². The fourth-order valence-electron chi connectivity index (χ4n) is 3.75. The molecule has 2 N–H and O–H groups in total. The minimum atomic E-state index is -3.48. The van der Waals surface area contributed by atoms with Crippen LogP contribution >= 0.6 is 0 Å². The minimum absolute atomic E-state index is 0.128. The van der Waals surface area contributed by atoms with Crippen LogP contribution < -0.4 is 14.8 Å². The molecule has 0 radical (unpaired) electrons. The van der Waals surface area contributed by atoms with E-state index in [2.05, 4.69) is 30.0 Å². The molecular weight excluding hydrogens is 456 g/mol. The Balaban J connectivity index is 1.36. The van der Waals surface area contributed by atoms with E-state index < -0.39 is 10.0 Å². The van der Waals surface area contributed by atoms with E-state index in [0.717, 1.165) is 18.4 Å². The molecule has 1 amide bonds. The Hall–Kier alpha value is -3.60. The zero-order valence-corrected chi connectivity index (χ0v) is 19.6. The SMILES string of the molecule is CCOc1cncc(-c2ccc(C(=O)NCc3cc(NS(=O)(=O)C4CCCC4)ncn3)cc2)n1. The average Bonchev–Trinajstić information content (AvgIpc) is 3.39. The van der Waals surface area contributed by atoms with Crippen molar-refractivity contribution in [3.8, 4) is 17.1 Å². The van der Waals surface area contributed by atoms with E-state index in [9.17, 15) is 13.2 Å². The zero-order chi connectivity index (χ0) is 24.0. The predicted octanol–water partition coefficient (Wildman–Crippen LogP) is 2.95. The summed E-state index contributed by atoms with van der Waals surface area (Å²) < 4.78 is 32.9. The van der Waals surface area contributed by atoms with Gasteiger partial charge in [-0.05, 0) is 31.9 Å². The van der Waals surface area contributed by atoms with E-state index in [1.807, 2.05) is 6.92 Å². The van der Waals surface area contributed by atoms with Gasteiger partial charge in [0.25, 0.3) is 5.91 Å². The quantitative estimate of drug-likeness (QED) is 0.475. The lowest BCUT2D eigenvalue weighted by Crippen LogP contribution is -2.26. The van der Waals surface area contributed by atoms with E-state index in [1.165, 1.54) is 12.4 Å². The summed E-state index contributed by atoms with van der Waals surface area (Å²) in [6.45, 7) is 2.50. The Kier molecular flexibility index (Phi) is 7.31. The number of aromatic nitrogens is 4. The van der Waals surface area contributed by atoms with Gasteiger partial charge in [0.05, 0.1) is 42.2 Å². The lowest BCUT2D eigenvalue weighted by molar-refractivity contribution is 0.0950. The van der Waals surface area contributed by atoms with Gasteiger partial charge in [0.2, 0.25) is 15.9 Å². The molecule has 1 fully saturated rings. The third-order valence-electron chi connectivity index (χ3n) is 5.49. The van der Waals surface area contributed by atoms with Crippen LogP contribution in [-0.2, 0) is 16.6 Å². The molecule has 1 aromatic carbocycles. The molecule has 10 nitrogen and oxygen atoms in total. The lowest BCUT2D eigenvalue weighted by atomic mass is 10.1. The van der Waals surface area contributed by atoms with Crippen LogP contribution in [0, 0.1) is 0 Å². The summed E-state index contributed by atoms with van der Waals surface area (Å²) in [4.78, 5) is 29.2. The molecule has 11 heteroatoms. The molecule has 178 valence electrons. The van der Waals surface area contributed by atoms with Crippen molar-refractivity contribution in [2.24, 2.45) is 0 Å². The summed E-state index contributed by atoms with van der Waals surface area (Å²) in [7, 11) is -3.48. The number of hydrogen-bond acceptors (Lipinski definition) is 8. The maximum atomic E-state index is 12.6. The Morgan fingerprint density at radius 2 is 1.88 bits per heavy atom.